The summed E-state index contributed by atoms with van der Waals surface area (Å²) in [5, 5.41) is 3.19. The van der Waals surface area contributed by atoms with Crippen LogP contribution in [-0.2, 0) is 0 Å². The summed E-state index contributed by atoms with van der Waals surface area (Å²) < 4.78 is 13.6. The van der Waals surface area contributed by atoms with Crippen molar-refractivity contribution in [3.05, 3.63) is 29.8 Å². The largest absolute Gasteiger partial charge is 0.313 e. The maximum Gasteiger partial charge on any atom is 0.146 e. The number of hydrogen-bond donors (Lipinski definition) is 1. The van der Waals surface area contributed by atoms with Gasteiger partial charge < -0.3 is 5.32 Å². The fraction of sp³-hybridized carbons (Fsp3) is 0.667. The summed E-state index contributed by atoms with van der Waals surface area (Å²) in [6, 6.07) is 1.88. The van der Waals surface area contributed by atoms with E-state index in [1.807, 2.05) is 7.05 Å². The van der Waals surface area contributed by atoms with Crippen LogP contribution in [0, 0.1) is 5.82 Å². The van der Waals surface area contributed by atoms with Crippen LogP contribution < -0.4 is 5.32 Å². The Kier molecular flexibility index (Phi) is 7.58. The van der Waals surface area contributed by atoms with Crippen LogP contribution >= 0.6 is 0 Å². The van der Waals surface area contributed by atoms with Crippen LogP contribution in [0.5, 0.6) is 0 Å². The highest BCUT2D eigenvalue weighted by Crippen LogP contribution is 2.21. The van der Waals surface area contributed by atoms with Crippen molar-refractivity contribution in [3.8, 4) is 0 Å². The van der Waals surface area contributed by atoms with Gasteiger partial charge in [-0.15, -0.1) is 0 Å². The predicted molar refractivity (Wildman–Crippen MR) is 74.0 cm³/mol. The van der Waals surface area contributed by atoms with Crippen LogP contribution in [-0.4, -0.2) is 12.0 Å². The molecule has 0 radical (unpaired) electrons. The Morgan fingerprint density at radius 1 is 1.22 bits per heavy atom. The van der Waals surface area contributed by atoms with E-state index in [-0.39, 0.29) is 11.9 Å². The summed E-state index contributed by atoms with van der Waals surface area (Å²) in [4.78, 5) is 3.79. The van der Waals surface area contributed by atoms with E-state index in [1.54, 1.807) is 12.3 Å². The van der Waals surface area contributed by atoms with Gasteiger partial charge in [-0.3, -0.25) is 4.98 Å². The van der Waals surface area contributed by atoms with Gasteiger partial charge in [-0.2, -0.15) is 0 Å². The summed E-state index contributed by atoms with van der Waals surface area (Å²) in [7, 11) is 1.89. The van der Waals surface area contributed by atoms with E-state index in [2.05, 4.69) is 17.2 Å². The summed E-state index contributed by atoms with van der Waals surface area (Å²) in [5.74, 6) is -0.206. The van der Waals surface area contributed by atoms with Crippen LogP contribution in [0.15, 0.2) is 18.5 Å². The fourth-order valence-corrected chi connectivity index (χ4v) is 2.25. The van der Waals surface area contributed by atoms with Gasteiger partial charge in [0.25, 0.3) is 0 Å². The molecule has 0 amide bonds. The molecule has 1 atom stereocenters. The lowest BCUT2D eigenvalue weighted by Gasteiger charge is -2.16. The number of rotatable bonds is 9. The van der Waals surface area contributed by atoms with Crippen molar-refractivity contribution in [3.63, 3.8) is 0 Å². The van der Waals surface area contributed by atoms with E-state index < -0.39 is 0 Å². The van der Waals surface area contributed by atoms with Gasteiger partial charge >= 0.3 is 0 Å². The quantitative estimate of drug-likeness (QED) is 0.665. The maximum absolute atomic E-state index is 13.6. The molecule has 0 spiro atoms. The van der Waals surface area contributed by atoms with Gasteiger partial charge in [0.2, 0.25) is 0 Å². The van der Waals surface area contributed by atoms with Crippen LogP contribution in [0.2, 0.25) is 0 Å². The van der Waals surface area contributed by atoms with Crippen molar-refractivity contribution < 1.29 is 4.39 Å². The molecule has 1 rings (SSSR count). The molecule has 0 aromatic carbocycles. The Morgan fingerprint density at radius 2 is 1.94 bits per heavy atom. The van der Waals surface area contributed by atoms with E-state index in [1.165, 1.54) is 38.3 Å². The third-order valence-corrected chi connectivity index (χ3v) is 3.37. The molecule has 0 aliphatic rings. The molecule has 2 nitrogen and oxygen atoms in total. The summed E-state index contributed by atoms with van der Waals surface area (Å²) in [6.07, 6.45) is 11.6. The number of nitrogens with zero attached hydrogens (tertiary/aromatic N) is 1. The van der Waals surface area contributed by atoms with Gasteiger partial charge in [-0.05, 0) is 19.5 Å². The molecule has 0 aliphatic carbocycles. The molecule has 0 saturated heterocycles. The van der Waals surface area contributed by atoms with Crippen molar-refractivity contribution in [2.24, 2.45) is 0 Å². The van der Waals surface area contributed by atoms with Gasteiger partial charge in [0, 0.05) is 17.8 Å². The maximum atomic E-state index is 13.6. The normalized spacial score (nSPS) is 12.6. The van der Waals surface area contributed by atoms with Crippen molar-refractivity contribution in [2.75, 3.05) is 7.05 Å². The van der Waals surface area contributed by atoms with Gasteiger partial charge in [0.1, 0.15) is 5.82 Å². The Morgan fingerprint density at radius 3 is 2.61 bits per heavy atom. The van der Waals surface area contributed by atoms with Gasteiger partial charge in [0.15, 0.2) is 0 Å². The van der Waals surface area contributed by atoms with E-state index in [0.717, 1.165) is 18.4 Å². The molecule has 0 saturated carbocycles. The highest BCUT2D eigenvalue weighted by molar-refractivity contribution is 5.17. The Bertz CT molecular complexity index is 328. The van der Waals surface area contributed by atoms with Crippen molar-refractivity contribution in [1.29, 1.82) is 0 Å². The van der Waals surface area contributed by atoms with Gasteiger partial charge in [-0.1, -0.05) is 45.4 Å². The van der Waals surface area contributed by atoms with Crippen LogP contribution in [0.1, 0.15) is 63.5 Å². The summed E-state index contributed by atoms with van der Waals surface area (Å²) in [6.45, 7) is 2.23. The Hall–Kier alpha value is -0.960. The third-order valence-electron chi connectivity index (χ3n) is 3.37. The minimum atomic E-state index is -0.206. The molecule has 0 fully saturated rings. The average molecular weight is 252 g/mol. The number of pyridine rings is 1. The first-order chi connectivity index (χ1) is 8.79. The van der Waals surface area contributed by atoms with Crippen LogP contribution in [0.4, 0.5) is 4.39 Å². The lowest BCUT2D eigenvalue weighted by molar-refractivity contribution is 0.474. The van der Waals surface area contributed by atoms with Gasteiger partial charge in [0.05, 0.1) is 6.20 Å². The third kappa shape index (κ3) is 5.13. The Balaban J connectivity index is 2.32. The highest BCUT2D eigenvalue weighted by Gasteiger charge is 2.12. The van der Waals surface area contributed by atoms with Crippen molar-refractivity contribution in [2.45, 2.75) is 57.9 Å². The molecule has 1 N–H and O–H groups in total. The number of nitrogens with one attached hydrogen (secondary N) is 1. The highest BCUT2D eigenvalue weighted by atomic mass is 19.1. The zero-order chi connectivity index (χ0) is 13.2. The molecule has 1 aromatic heterocycles. The van der Waals surface area contributed by atoms with E-state index in [0.29, 0.717) is 0 Å². The summed E-state index contributed by atoms with van der Waals surface area (Å²) in [5.41, 5.74) is 0.737. The number of unbranched alkanes of at least 4 members (excludes halogenated alkanes) is 5. The van der Waals surface area contributed by atoms with Crippen molar-refractivity contribution in [1.82, 2.24) is 10.3 Å². The van der Waals surface area contributed by atoms with E-state index in [9.17, 15) is 4.39 Å². The fourth-order valence-electron chi connectivity index (χ4n) is 2.25. The number of aromatic nitrogens is 1. The van der Waals surface area contributed by atoms with Crippen LogP contribution in [0.3, 0.4) is 0 Å². The molecule has 0 aliphatic heterocycles. The molecule has 1 unspecified atom stereocenters. The SMILES string of the molecule is CCCCCCCCC(NC)c1ccncc1F. The molecule has 1 heterocycles. The monoisotopic (exact) mass is 252 g/mol. The molecular formula is C15H25FN2. The molecular weight excluding hydrogens is 227 g/mol. The van der Waals surface area contributed by atoms with Crippen LogP contribution in [0.25, 0.3) is 0 Å². The molecule has 1 aromatic rings. The second kappa shape index (κ2) is 9.03. The Labute approximate surface area is 110 Å². The van der Waals surface area contributed by atoms with E-state index >= 15 is 0 Å². The first-order valence-electron chi connectivity index (χ1n) is 7.06. The number of halogens is 1. The first-order valence-corrected chi connectivity index (χ1v) is 7.06. The minimum absolute atomic E-state index is 0.110. The zero-order valence-corrected chi connectivity index (χ0v) is 11.6. The molecule has 18 heavy (non-hydrogen) atoms. The van der Waals surface area contributed by atoms with E-state index in [4.69, 9.17) is 0 Å². The van der Waals surface area contributed by atoms with Gasteiger partial charge in [-0.25, -0.2) is 4.39 Å². The average Bonchev–Trinajstić information content (AvgIpc) is 2.39. The minimum Gasteiger partial charge on any atom is -0.313 e. The standard InChI is InChI=1S/C15H25FN2/c1-3-4-5-6-7-8-9-15(17-2)13-10-11-18-12-14(13)16/h10-12,15,17H,3-9H2,1-2H3. The molecule has 3 heteroatoms. The first kappa shape index (κ1) is 15.1. The summed E-state index contributed by atoms with van der Waals surface area (Å²) >= 11 is 0. The molecule has 0 bridgehead atoms. The lowest BCUT2D eigenvalue weighted by atomic mass is 10.0. The molecule has 102 valence electrons. The second-order valence-electron chi connectivity index (χ2n) is 4.79. The zero-order valence-electron chi connectivity index (χ0n) is 11.6. The van der Waals surface area contributed by atoms with Crippen molar-refractivity contribution >= 4 is 0 Å². The second-order valence-corrected chi connectivity index (χ2v) is 4.79. The lowest BCUT2D eigenvalue weighted by Crippen LogP contribution is -2.17. The predicted octanol–water partition coefficient (Wildman–Crippen LogP) is 4.23. The smallest absolute Gasteiger partial charge is 0.146 e. The topological polar surface area (TPSA) is 24.9 Å². The number of hydrogen-bond acceptors (Lipinski definition) is 2.